The van der Waals surface area contributed by atoms with Gasteiger partial charge in [-0.2, -0.15) is 0 Å². The van der Waals surface area contributed by atoms with Crippen molar-refractivity contribution >= 4 is 5.91 Å². The molecule has 3 N–H and O–H groups in total. The van der Waals surface area contributed by atoms with Gasteiger partial charge in [0.1, 0.15) is 5.75 Å². The third kappa shape index (κ3) is 5.68. The smallest absolute Gasteiger partial charge is 0.257 e. The Hall–Kier alpha value is -1.55. The number of hydrogen-bond donors (Lipinski definition) is 2. The fourth-order valence-electron chi connectivity index (χ4n) is 1.54. The molecular weight excluding hydrogens is 228 g/mol. The van der Waals surface area contributed by atoms with E-state index in [1.165, 1.54) is 5.56 Å². The molecule has 1 amide bonds. The molecule has 4 nitrogen and oxygen atoms in total. The molecule has 1 aromatic rings. The predicted octanol–water partition coefficient (Wildman–Crippen LogP) is 1.48. The van der Waals surface area contributed by atoms with Crippen molar-refractivity contribution in [2.24, 2.45) is 5.73 Å². The van der Waals surface area contributed by atoms with Crippen molar-refractivity contribution in [3.8, 4) is 5.75 Å². The number of aryl methyl sites for hydroxylation is 1. The van der Waals surface area contributed by atoms with Crippen LogP contribution in [0.4, 0.5) is 0 Å². The lowest BCUT2D eigenvalue weighted by molar-refractivity contribution is -0.122. The summed E-state index contributed by atoms with van der Waals surface area (Å²) in [5, 5.41) is 2.68. The molecule has 0 bridgehead atoms. The van der Waals surface area contributed by atoms with E-state index in [0.717, 1.165) is 12.8 Å². The number of benzene rings is 1. The Morgan fingerprint density at radius 3 is 2.61 bits per heavy atom. The summed E-state index contributed by atoms with van der Waals surface area (Å²) in [4.78, 5) is 11.2. The van der Waals surface area contributed by atoms with E-state index in [1.807, 2.05) is 38.1 Å². The van der Waals surface area contributed by atoms with Gasteiger partial charge < -0.3 is 15.8 Å². The topological polar surface area (TPSA) is 64.3 Å². The molecule has 0 heterocycles. The average Bonchev–Trinajstić information content (AvgIpc) is 2.35. The number of likely N-dealkylation sites (N-methyl/N-ethyl adjacent to an activating group) is 1. The van der Waals surface area contributed by atoms with Crippen molar-refractivity contribution < 1.29 is 9.53 Å². The van der Waals surface area contributed by atoms with Gasteiger partial charge in [-0.25, -0.2) is 0 Å². The third-order valence-electron chi connectivity index (χ3n) is 2.56. The van der Waals surface area contributed by atoms with E-state index in [9.17, 15) is 4.79 Å². The Morgan fingerprint density at radius 1 is 1.39 bits per heavy atom. The summed E-state index contributed by atoms with van der Waals surface area (Å²) >= 11 is 0. The summed E-state index contributed by atoms with van der Waals surface area (Å²) in [5.74, 6) is 0.615. The van der Waals surface area contributed by atoms with Gasteiger partial charge in [-0.15, -0.1) is 0 Å². The Labute approximate surface area is 109 Å². The summed E-state index contributed by atoms with van der Waals surface area (Å²) in [5.41, 5.74) is 6.94. The van der Waals surface area contributed by atoms with E-state index in [-0.39, 0.29) is 18.6 Å². The highest BCUT2D eigenvalue weighted by Gasteiger charge is 2.01. The fraction of sp³-hybridized carbons (Fsp3) is 0.500. The maximum Gasteiger partial charge on any atom is 0.257 e. The Kier molecular flexibility index (Phi) is 6.22. The Bertz CT molecular complexity index is 361. The Morgan fingerprint density at radius 2 is 2.06 bits per heavy atom. The molecule has 0 saturated heterocycles. The fourth-order valence-corrected chi connectivity index (χ4v) is 1.54. The van der Waals surface area contributed by atoms with Crippen molar-refractivity contribution in [3.63, 3.8) is 0 Å². The van der Waals surface area contributed by atoms with Crippen molar-refractivity contribution in [2.45, 2.75) is 32.7 Å². The van der Waals surface area contributed by atoms with Crippen LogP contribution in [0, 0.1) is 0 Å². The molecule has 0 aliphatic carbocycles. The minimum atomic E-state index is -0.0986. The summed E-state index contributed by atoms with van der Waals surface area (Å²) in [6, 6.07) is 8.01. The lowest BCUT2D eigenvalue weighted by atomic mass is 10.1. The number of carbonyl (C=O) groups excluding carboxylic acids is 1. The predicted molar refractivity (Wildman–Crippen MR) is 72.6 cm³/mol. The summed E-state index contributed by atoms with van der Waals surface area (Å²) in [7, 11) is 0. The molecule has 0 spiro atoms. The molecule has 4 heteroatoms. The first-order valence-electron chi connectivity index (χ1n) is 6.35. The maximum absolute atomic E-state index is 11.2. The second kappa shape index (κ2) is 7.71. The first-order chi connectivity index (χ1) is 8.61. The van der Waals surface area contributed by atoms with Crippen molar-refractivity contribution in [2.75, 3.05) is 13.2 Å². The van der Waals surface area contributed by atoms with Gasteiger partial charge in [0.15, 0.2) is 6.61 Å². The quantitative estimate of drug-likeness (QED) is 0.770. The zero-order valence-electron chi connectivity index (χ0n) is 11.1. The lowest BCUT2D eigenvalue weighted by Crippen LogP contribution is -2.28. The van der Waals surface area contributed by atoms with Crippen molar-refractivity contribution in [1.82, 2.24) is 5.32 Å². The molecule has 0 aromatic heterocycles. The van der Waals surface area contributed by atoms with E-state index in [2.05, 4.69) is 5.32 Å². The number of carbonyl (C=O) groups is 1. The van der Waals surface area contributed by atoms with E-state index >= 15 is 0 Å². The number of nitrogens with one attached hydrogen (secondary N) is 1. The molecule has 100 valence electrons. The molecule has 1 unspecified atom stereocenters. The number of rotatable bonds is 7. The minimum Gasteiger partial charge on any atom is -0.484 e. The van der Waals surface area contributed by atoms with Gasteiger partial charge in [0, 0.05) is 12.6 Å². The van der Waals surface area contributed by atoms with Crippen molar-refractivity contribution in [3.05, 3.63) is 29.8 Å². The maximum atomic E-state index is 11.2. The van der Waals surface area contributed by atoms with Gasteiger partial charge in [-0.05, 0) is 44.4 Å². The second-order valence-corrected chi connectivity index (χ2v) is 4.40. The minimum absolute atomic E-state index is 0.0625. The largest absolute Gasteiger partial charge is 0.484 e. The van der Waals surface area contributed by atoms with Crippen LogP contribution in [0.15, 0.2) is 24.3 Å². The number of nitrogens with two attached hydrogens (primary N) is 1. The van der Waals surface area contributed by atoms with E-state index in [0.29, 0.717) is 12.3 Å². The Balaban J connectivity index is 2.38. The third-order valence-corrected chi connectivity index (χ3v) is 2.56. The molecule has 1 atom stereocenters. The molecule has 0 saturated carbocycles. The molecule has 18 heavy (non-hydrogen) atoms. The van der Waals surface area contributed by atoms with Crippen LogP contribution >= 0.6 is 0 Å². The van der Waals surface area contributed by atoms with Gasteiger partial charge in [-0.1, -0.05) is 12.1 Å². The molecule has 0 aliphatic heterocycles. The van der Waals surface area contributed by atoms with Crippen LogP contribution in [0.25, 0.3) is 0 Å². The van der Waals surface area contributed by atoms with Crippen LogP contribution in [0.5, 0.6) is 5.75 Å². The van der Waals surface area contributed by atoms with Crippen LogP contribution < -0.4 is 15.8 Å². The number of amides is 1. The highest BCUT2D eigenvalue weighted by molar-refractivity contribution is 5.77. The average molecular weight is 250 g/mol. The van der Waals surface area contributed by atoms with Gasteiger partial charge >= 0.3 is 0 Å². The molecule has 1 aromatic carbocycles. The summed E-state index contributed by atoms with van der Waals surface area (Å²) < 4.78 is 5.36. The zero-order valence-corrected chi connectivity index (χ0v) is 11.1. The highest BCUT2D eigenvalue weighted by atomic mass is 16.5. The van der Waals surface area contributed by atoms with Gasteiger partial charge in [0.2, 0.25) is 0 Å². The molecular formula is C14H22N2O2. The summed E-state index contributed by atoms with van der Waals surface area (Å²) in [6.45, 7) is 4.57. The number of ether oxygens (including phenoxy) is 1. The number of hydrogen-bond acceptors (Lipinski definition) is 3. The monoisotopic (exact) mass is 250 g/mol. The van der Waals surface area contributed by atoms with Crippen LogP contribution in [-0.2, 0) is 11.2 Å². The first kappa shape index (κ1) is 14.5. The zero-order chi connectivity index (χ0) is 13.4. The molecule has 0 fully saturated rings. The van der Waals surface area contributed by atoms with E-state index in [4.69, 9.17) is 10.5 Å². The van der Waals surface area contributed by atoms with Crippen molar-refractivity contribution in [1.29, 1.82) is 0 Å². The normalized spacial score (nSPS) is 11.9. The van der Waals surface area contributed by atoms with Gasteiger partial charge in [-0.3, -0.25) is 4.79 Å². The lowest BCUT2D eigenvalue weighted by Gasteiger charge is -2.08. The first-order valence-corrected chi connectivity index (χ1v) is 6.35. The second-order valence-electron chi connectivity index (χ2n) is 4.40. The van der Waals surface area contributed by atoms with Crippen LogP contribution in [0.3, 0.4) is 0 Å². The van der Waals surface area contributed by atoms with Gasteiger partial charge in [0.05, 0.1) is 0 Å². The van der Waals surface area contributed by atoms with E-state index < -0.39 is 0 Å². The molecule has 0 aliphatic rings. The molecule has 0 radical (unpaired) electrons. The van der Waals surface area contributed by atoms with E-state index in [1.54, 1.807) is 0 Å². The van der Waals surface area contributed by atoms with Crippen LogP contribution in [0.1, 0.15) is 25.8 Å². The van der Waals surface area contributed by atoms with Crippen LogP contribution in [0.2, 0.25) is 0 Å². The highest BCUT2D eigenvalue weighted by Crippen LogP contribution is 2.13. The van der Waals surface area contributed by atoms with Gasteiger partial charge in [0.25, 0.3) is 5.91 Å². The summed E-state index contributed by atoms with van der Waals surface area (Å²) in [6.07, 6.45) is 1.94. The molecule has 1 rings (SSSR count). The van der Waals surface area contributed by atoms with Crippen LogP contribution in [-0.4, -0.2) is 25.1 Å². The standard InChI is InChI=1S/C14H22N2O2/c1-3-16-14(17)10-18-13-8-6-12(7-9-13)5-4-11(2)15/h6-9,11H,3-5,10,15H2,1-2H3,(H,16,17). The SMILES string of the molecule is CCNC(=O)COc1ccc(CCC(C)N)cc1.